The molecule has 16 heteroatoms. The van der Waals surface area contributed by atoms with E-state index in [1.807, 2.05) is 6.19 Å². The molecule has 2 aliphatic carbocycles. The molecule has 2 saturated carbocycles. The van der Waals surface area contributed by atoms with Gasteiger partial charge < -0.3 is 5.32 Å². The van der Waals surface area contributed by atoms with Crippen LogP contribution in [-0.2, 0) is 9.59 Å². The van der Waals surface area contributed by atoms with Crippen LogP contribution < -0.4 is 10.2 Å². The number of carbonyl (C=O) groups excluding carboxylic acids is 2. The zero-order valence-electron chi connectivity index (χ0n) is 21.8. The molecule has 1 aliphatic heterocycles. The molecule has 5 rings (SSSR count). The van der Waals surface area contributed by atoms with Gasteiger partial charge in [0.1, 0.15) is 22.3 Å². The molecule has 2 amide bonds. The van der Waals surface area contributed by atoms with Crippen molar-refractivity contribution >= 4 is 27.7 Å². The van der Waals surface area contributed by atoms with Gasteiger partial charge in [-0.2, -0.15) is 5.26 Å². The molecule has 0 bridgehead atoms. The molecule has 2 heterocycles. The number of rotatable bonds is 7. The second-order valence-electron chi connectivity index (χ2n) is 11.0. The number of anilines is 1. The van der Waals surface area contributed by atoms with Crippen LogP contribution in [0.15, 0.2) is 47.6 Å². The molecule has 0 spiro atoms. The number of likely N-dealkylation sites (tertiary alicyclic amines) is 1. The van der Waals surface area contributed by atoms with Crippen molar-refractivity contribution in [2.75, 3.05) is 11.4 Å². The summed E-state index contributed by atoms with van der Waals surface area (Å²) in [5, 5.41) is 12.3. The molecule has 1 saturated heterocycles. The topological polar surface area (TPSA) is 89.3 Å². The first kappa shape index (κ1) is 29.9. The summed E-state index contributed by atoms with van der Waals surface area (Å²) in [4.78, 5) is 31.5. The van der Waals surface area contributed by atoms with Crippen LogP contribution in [0.25, 0.3) is 0 Å². The van der Waals surface area contributed by atoms with Crippen LogP contribution in [-0.4, -0.2) is 45.7 Å². The summed E-state index contributed by atoms with van der Waals surface area (Å²) in [6.45, 7) is 0.193. The molecule has 1 N–H and O–H groups in total. The van der Waals surface area contributed by atoms with Crippen molar-refractivity contribution in [3.05, 3.63) is 54.1 Å². The van der Waals surface area contributed by atoms with E-state index in [0.717, 1.165) is 23.4 Å². The predicted octanol–water partition coefficient (Wildman–Crippen LogP) is 6.59. The molecule has 2 aromatic rings. The van der Waals surface area contributed by atoms with E-state index in [1.54, 1.807) is 0 Å². The van der Waals surface area contributed by atoms with Crippen LogP contribution in [0.3, 0.4) is 0 Å². The summed E-state index contributed by atoms with van der Waals surface area (Å²) in [6.07, 6.45) is 3.11. The number of amides is 2. The number of hydrogen-bond donors (Lipinski definition) is 1. The van der Waals surface area contributed by atoms with Gasteiger partial charge in [0.25, 0.3) is 5.91 Å². The molecule has 1 aromatic carbocycles. The van der Waals surface area contributed by atoms with Gasteiger partial charge in [0.2, 0.25) is 11.8 Å². The van der Waals surface area contributed by atoms with E-state index in [9.17, 15) is 47.5 Å². The number of aromatic nitrogens is 1. The maximum Gasteiger partial charge on any atom is 0.310 e. The normalized spacial score (nSPS) is 25.8. The van der Waals surface area contributed by atoms with Gasteiger partial charge in [-0.05, 0) is 61.9 Å². The molecule has 42 heavy (non-hydrogen) atoms. The fraction of sp³-hybridized carbons (Fsp3) is 0.462. The van der Waals surface area contributed by atoms with Crippen molar-refractivity contribution < 1.29 is 42.2 Å². The number of nitrogens with one attached hydrogen (secondary N) is 1. The zero-order chi connectivity index (χ0) is 30.8. The number of nitrogens with zero attached hydrogens (tertiary/aromatic N) is 4. The van der Waals surface area contributed by atoms with Crippen molar-refractivity contribution in [3.63, 3.8) is 0 Å². The molecule has 3 fully saturated rings. The van der Waals surface area contributed by atoms with E-state index < -0.39 is 74.8 Å². The summed E-state index contributed by atoms with van der Waals surface area (Å²) < 4.78 is 109. The highest BCUT2D eigenvalue weighted by atomic mass is 32.5. The SMILES string of the molecule is N#CN1CCC2CC21C(=O)N(c1ccc(S(F)(F)(F)(F)F)cc1)C(C(=O)NC1CCC(F)(F)CC1)c1cncc(F)c1. The number of piperidine rings is 1. The second kappa shape index (κ2) is 9.19. The number of benzene rings is 1. The maximum absolute atomic E-state index is 14.3. The minimum absolute atomic E-state index is 0.0813. The lowest BCUT2D eigenvalue weighted by atomic mass is 9.91. The highest BCUT2D eigenvalue weighted by Gasteiger charge is 2.69. The zero-order valence-corrected chi connectivity index (χ0v) is 22.6. The fourth-order valence-corrected chi connectivity index (χ4v) is 6.56. The van der Waals surface area contributed by atoms with Gasteiger partial charge in [-0.1, -0.05) is 19.4 Å². The van der Waals surface area contributed by atoms with Gasteiger partial charge in [-0.25, -0.2) is 13.2 Å². The predicted molar refractivity (Wildman–Crippen MR) is 135 cm³/mol. The first-order valence-electron chi connectivity index (χ1n) is 13.0. The van der Waals surface area contributed by atoms with Gasteiger partial charge in [0, 0.05) is 42.9 Å². The molecule has 3 unspecified atom stereocenters. The minimum Gasteiger partial charge on any atom is -0.351 e. The largest absolute Gasteiger partial charge is 0.351 e. The monoisotopic (exact) mass is 623 g/mol. The van der Waals surface area contributed by atoms with Crippen LogP contribution in [0.2, 0.25) is 0 Å². The Labute approximate surface area is 235 Å². The average Bonchev–Trinajstić information content (AvgIpc) is 3.52. The number of nitriles is 1. The molecule has 0 radical (unpaired) electrons. The van der Waals surface area contributed by atoms with Gasteiger partial charge in [0.05, 0.1) is 6.20 Å². The van der Waals surface area contributed by atoms with E-state index in [1.165, 1.54) is 4.90 Å². The third kappa shape index (κ3) is 5.58. The van der Waals surface area contributed by atoms with Crippen LogP contribution in [0, 0.1) is 23.2 Å². The van der Waals surface area contributed by atoms with Gasteiger partial charge >= 0.3 is 10.2 Å². The van der Waals surface area contributed by atoms with E-state index in [2.05, 4.69) is 10.3 Å². The smallest absolute Gasteiger partial charge is 0.310 e. The Morgan fingerprint density at radius 3 is 2.26 bits per heavy atom. The third-order valence-electron chi connectivity index (χ3n) is 8.14. The van der Waals surface area contributed by atoms with Gasteiger partial charge in [-0.15, -0.1) is 0 Å². The lowest BCUT2D eigenvalue weighted by Gasteiger charge is -2.41. The van der Waals surface area contributed by atoms with Crippen LogP contribution in [0.1, 0.15) is 50.1 Å². The van der Waals surface area contributed by atoms with E-state index in [4.69, 9.17) is 0 Å². The minimum atomic E-state index is -10.1. The Morgan fingerprint density at radius 1 is 1.07 bits per heavy atom. The van der Waals surface area contributed by atoms with E-state index in [-0.39, 0.29) is 49.4 Å². The van der Waals surface area contributed by atoms with Crippen molar-refractivity contribution in [1.82, 2.24) is 15.2 Å². The second-order valence-corrected chi connectivity index (χ2v) is 13.4. The molecule has 1 aromatic heterocycles. The first-order chi connectivity index (χ1) is 19.3. The number of alkyl halides is 2. The standard InChI is InChI=1S/C26H25F8N5O2S/c27-18-11-16(13-36-14-18)22(23(40)37-19-5-8-25(28,29)9-6-19)39(24(41)26-12-17(26)7-10-38(26)15-35)20-1-3-21(4-2-20)42(30,31,32,33)34/h1-4,11,13-14,17,19,22H,5-10,12H2,(H,37,40). The summed E-state index contributed by atoms with van der Waals surface area (Å²) in [6, 6.07) is -0.337. The lowest BCUT2D eigenvalue weighted by molar-refractivity contribution is -0.130. The van der Waals surface area contributed by atoms with Crippen molar-refractivity contribution in [2.24, 2.45) is 5.92 Å². The first-order valence-corrected chi connectivity index (χ1v) is 14.9. The number of fused-ring (bicyclic) bond motifs is 1. The number of carbonyl (C=O) groups is 2. The summed E-state index contributed by atoms with van der Waals surface area (Å²) >= 11 is 0. The Hall–Kier alpha value is -3.61. The Morgan fingerprint density at radius 2 is 1.71 bits per heavy atom. The molecular weight excluding hydrogens is 598 g/mol. The molecule has 3 atom stereocenters. The lowest BCUT2D eigenvalue weighted by Crippen LogP contribution is -2.54. The van der Waals surface area contributed by atoms with Crippen LogP contribution in [0.5, 0.6) is 0 Å². The summed E-state index contributed by atoms with van der Waals surface area (Å²) in [5.74, 6) is -6.04. The maximum atomic E-state index is 14.3. The van der Waals surface area contributed by atoms with Gasteiger partial charge in [-0.3, -0.25) is 24.4 Å². The average molecular weight is 624 g/mol. The van der Waals surface area contributed by atoms with E-state index in [0.29, 0.717) is 18.6 Å². The molecule has 228 valence electrons. The van der Waals surface area contributed by atoms with Crippen molar-refractivity contribution in [2.45, 2.75) is 67.0 Å². The Balaban J connectivity index is 1.61. The molecular formula is C26H25F8N5O2S. The van der Waals surface area contributed by atoms with Crippen molar-refractivity contribution in [3.8, 4) is 6.19 Å². The summed E-state index contributed by atoms with van der Waals surface area (Å²) in [7, 11) is -10.1. The number of halogens is 8. The molecule has 3 aliphatic rings. The fourth-order valence-electron chi connectivity index (χ4n) is 5.91. The Bertz CT molecular complexity index is 1460. The van der Waals surface area contributed by atoms with Crippen molar-refractivity contribution in [1.29, 1.82) is 5.26 Å². The Kier molecular flexibility index (Phi) is 6.54. The highest BCUT2D eigenvalue weighted by Crippen LogP contribution is 3.02. The van der Waals surface area contributed by atoms with Crippen LogP contribution >= 0.6 is 10.2 Å². The summed E-state index contributed by atoms with van der Waals surface area (Å²) in [5.41, 5.74) is -2.07. The number of hydrogen-bond acceptors (Lipinski definition) is 5. The number of pyridine rings is 1. The van der Waals surface area contributed by atoms with Gasteiger partial charge in [0.15, 0.2) is 6.19 Å². The molecule has 7 nitrogen and oxygen atoms in total. The quantitative estimate of drug-likeness (QED) is 0.278. The van der Waals surface area contributed by atoms with E-state index >= 15 is 0 Å². The third-order valence-corrected chi connectivity index (χ3v) is 9.30. The highest BCUT2D eigenvalue weighted by molar-refractivity contribution is 8.45. The van der Waals surface area contributed by atoms with Crippen LogP contribution in [0.4, 0.5) is 38.3 Å².